The highest BCUT2D eigenvalue weighted by Crippen LogP contribution is 2.37. The molecule has 1 N–H and O–H groups in total. The van der Waals surface area contributed by atoms with Gasteiger partial charge in [0.05, 0.1) is 11.3 Å². The van der Waals surface area contributed by atoms with Gasteiger partial charge < -0.3 is 5.11 Å². The lowest BCUT2D eigenvalue weighted by atomic mass is 9.92. The standard InChI is InChI=1S/C12H20N2OS/c1-9(2)14-6-4-11(13-14)8-12(15)5-7-16-10(12)3/h4,6,9-10,15H,5,7-8H2,1-3H3. The van der Waals surface area contributed by atoms with Crippen molar-refractivity contribution >= 4 is 11.8 Å². The van der Waals surface area contributed by atoms with Crippen molar-refractivity contribution in [1.29, 1.82) is 0 Å². The van der Waals surface area contributed by atoms with Crippen LogP contribution in [0.15, 0.2) is 12.3 Å². The van der Waals surface area contributed by atoms with Gasteiger partial charge in [0.25, 0.3) is 0 Å². The molecule has 1 aromatic heterocycles. The summed E-state index contributed by atoms with van der Waals surface area (Å²) in [4.78, 5) is 0. The van der Waals surface area contributed by atoms with E-state index in [0.29, 0.717) is 17.7 Å². The molecule has 0 amide bonds. The van der Waals surface area contributed by atoms with Crippen molar-refractivity contribution in [3.63, 3.8) is 0 Å². The summed E-state index contributed by atoms with van der Waals surface area (Å²) in [5.41, 5.74) is 0.450. The molecule has 90 valence electrons. The minimum absolute atomic E-state index is 0.316. The van der Waals surface area contributed by atoms with Crippen LogP contribution in [0.2, 0.25) is 0 Å². The lowest BCUT2D eigenvalue weighted by Gasteiger charge is -2.25. The summed E-state index contributed by atoms with van der Waals surface area (Å²) in [6.45, 7) is 6.33. The predicted octanol–water partition coefficient (Wildman–Crippen LogP) is 2.26. The van der Waals surface area contributed by atoms with Gasteiger partial charge in [-0.1, -0.05) is 6.92 Å². The molecule has 0 aromatic carbocycles. The molecule has 0 radical (unpaired) electrons. The zero-order chi connectivity index (χ0) is 11.8. The normalized spacial score (nSPS) is 30.2. The van der Waals surface area contributed by atoms with Gasteiger partial charge in [0.15, 0.2) is 0 Å². The summed E-state index contributed by atoms with van der Waals surface area (Å²) >= 11 is 1.85. The molecule has 2 atom stereocenters. The molecule has 2 rings (SSSR count). The van der Waals surface area contributed by atoms with Gasteiger partial charge in [-0.25, -0.2) is 0 Å². The van der Waals surface area contributed by atoms with Crippen molar-refractivity contribution in [2.24, 2.45) is 0 Å². The van der Waals surface area contributed by atoms with Crippen molar-refractivity contribution in [3.8, 4) is 0 Å². The van der Waals surface area contributed by atoms with Crippen molar-refractivity contribution in [3.05, 3.63) is 18.0 Å². The van der Waals surface area contributed by atoms with E-state index in [9.17, 15) is 5.11 Å². The predicted molar refractivity (Wildman–Crippen MR) is 67.8 cm³/mol. The Hall–Kier alpha value is -0.480. The Kier molecular flexibility index (Phi) is 3.31. The smallest absolute Gasteiger partial charge is 0.0826 e. The quantitative estimate of drug-likeness (QED) is 0.880. The number of hydrogen-bond acceptors (Lipinski definition) is 3. The average molecular weight is 240 g/mol. The molecule has 1 aliphatic rings. The maximum atomic E-state index is 10.5. The molecule has 2 heterocycles. The SMILES string of the molecule is CC(C)n1ccc(CC2(O)CCSC2C)n1. The van der Waals surface area contributed by atoms with E-state index in [0.717, 1.165) is 17.9 Å². The number of rotatable bonds is 3. The van der Waals surface area contributed by atoms with E-state index in [1.54, 1.807) is 0 Å². The molecule has 16 heavy (non-hydrogen) atoms. The molecule has 1 aliphatic heterocycles. The van der Waals surface area contributed by atoms with E-state index in [1.807, 2.05) is 28.7 Å². The van der Waals surface area contributed by atoms with E-state index < -0.39 is 5.60 Å². The van der Waals surface area contributed by atoms with Crippen LogP contribution in [-0.2, 0) is 6.42 Å². The van der Waals surface area contributed by atoms with Crippen molar-refractivity contribution in [2.45, 2.75) is 50.5 Å². The highest BCUT2D eigenvalue weighted by molar-refractivity contribution is 8.00. The van der Waals surface area contributed by atoms with E-state index >= 15 is 0 Å². The Morgan fingerprint density at radius 3 is 2.94 bits per heavy atom. The van der Waals surface area contributed by atoms with Gasteiger partial charge in [0.1, 0.15) is 0 Å². The molecule has 0 bridgehead atoms. The molecule has 1 fully saturated rings. The van der Waals surface area contributed by atoms with Gasteiger partial charge in [0, 0.05) is 23.9 Å². The number of aromatic nitrogens is 2. The zero-order valence-electron chi connectivity index (χ0n) is 10.2. The van der Waals surface area contributed by atoms with Crippen LogP contribution in [0.1, 0.15) is 38.9 Å². The zero-order valence-corrected chi connectivity index (χ0v) is 11.0. The molecule has 1 aromatic rings. The van der Waals surface area contributed by atoms with Gasteiger partial charge in [-0.2, -0.15) is 16.9 Å². The molecule has 0 saturated carbocycles. The Morgan fingerprint density at radius 2 is 2.44 bits per heavy atom. The van der Waals surface area contributed by atoms with Crippen LogP contribution in [0.5, 0.6) is 0 Å². The second-order valence-corrected chi connectivity index (χ2v) is 6.37. The van der Waals surface area contributed by atoms with Crippen LogP contribution < -0.4 is 0 Å². The van der Waals surface area contributed by atoms with Crippen molar-refractivity contribution in [2.75, 3.05) is 5.75 Å². The highest BCUT2D eigenvalue weighted by Gasteiger charge is 2.39. The number of nitrogens with zero attached hydrogens (tertiary/aromatic N) is 2. The van der Waals surface area contributed by atoms with Crippen LogP contribution in [0, 0.1) is 0 Å². The molecule has 0 aliphatic carbocycles. The summed E-state index contributed by atoms with van der Waals surface area (Å²) < 4.78 is 1.95. The average Bonchev–Trinajstić information content (AvgIpc) is 2.76. The number of aliphatic hydroxyl groups is 1. The van der Waals surface area contributed by atoms with Gasteiger partial charge in [-0.05, 0) is 32.1 Å². The molecular formula is C12H20N2OS. The topological polar surface area (TPSA) is 38.0 Å². The summed E-state index contributed by atoms with van der Waals surface area (Å²) in [6.07, 6.45) is 3.56. The van der Waals surface area contributed by atoms with Gasteiger partial charge in [0.2, 0.25) is 0 Å². The number of hydrogen-bond donors (Lipinski definition) is 1. The Labute approximate surface area is 101 Å². The minimum atomic E-state index is -0.555. The van der Waals surface area contributed by atoms with Crippen LogP contribution in [-0.4, -0.2) is 31.5 Å². The first-order valence-corrected chi connectivity index (χ1v) is 6.94. The van der Waals surface area contributed by atoms with Crippen LogP contribution in [0.3, 0.4) is 0 Å². The van der Waals surface area contributed by atoms with E-state index in [4.69, 9.17) is 0 Å². The third kappa shape index (κ3) is 2.28. The van der Waals surface area contributed by atoms with Crippen LogP contribution in [0.4, 0.5) is 0 Å². The second kappa shape index (κ2) is 4.41. The first-order chi connectivity index (χ1) is 7.51. The lowest BCUT2D eigenvalue weighted by molar-refractivity contribution is 0.0453. The van der Waals surface area contributed by atoms with E-state index in [2.05, 4.69) is 25.9 Å². The maximum Gasteiger partial charge on any atom is 0.0826 e. The molecule has 2 unspecified atom stereocenters. The van der Waals surface area contributed by atoms with Crippen molar-refractivity contribution < 1.29 is 5.11 Å². The monoisotopic (exact) mass is 240 g/mol. The van der Waals surface area contributed by atoms with Crippen LogP contribution in [0.25, 0.3) is 0 Å². The summed E-state index contributed by atoms with van der Waals surface area (Å²) in [5.74, 6) is 1.06. The minimum Gasteiger partial charge on any atom is -0.388 e. The maximum absolute atomic E-state index is 10.5. The Balaban J connectivity index is 2.08. The van der Waals surface area contributed by atoms with Gasteiger partial charge in [-0.15, -0.1) is 0 Å². The van der Waals surface area contributed by atoms with E-state index in [-0.39, 0.29) is 0 Å². The Morgan fingerprint density at radius 1 is 1.69 bits per heavy atom. The fourth-order valence-electron chi connectivity index (χ4n) is 2.08. The third-order valence-corrected chi connectivity index (χ3v) is 4.72. The largest absolute Gasteiger partial charge is 0.388 e. The van der Waals surface area contributed by atoms with Gasteiger partial charge >= 0.3 is 0 Å². The Bertz CT molecular complexity index is 364. The molecule has 4 heteroatoms. The molecule has 3 nitrogen and oxygen atoms in total. The van der Waals surface area contributed by atoms with Gasteiger partial charge in [-0.3, -0.25) is 4.68 Å². The second-order valence-electron chi connectivity index (χ2n) is 4.92. The first-order valence-electron chi connectivity index (χ1n) is 5.89. The summed E-state index contributed by atoms with van der Waals surface area (Å²) in [5, 5.41) is 15.3. The van der Waals surface area contributed by atoms with E-state index in [1.165, 1.54) is 0 Å². The third-order valence-electron chi connectivity index (χ3n) is 3.34. The molecular weight excluding hydrogens is 220 g/mol. The molecule has 0 spiro atoms. The summed E-state index contributed by atoms with van der Waals surface area (Å²) in [6, 6.07) is 2.41. The fraction of sp³-hybridized carbons (Fsp3) is 0.750. The fourth-order valence-corrected chi connectivity index (χ4v) is 3.41. The highest BCUT2D eigenvalue weighted by atomic mass is 32.2. The van der Waals surface area contributed by atoms with Crippen molar-refractivity contribution in [1.82, 2.24) is 9.78 Å². The molecule has 1 saturated heterocycles. The summed E-state index contributed by atoms with van der Waals surface area (Å²) in [7, 11) is 0. The van der Waals surface area contributed by atoms with Crippen LogP contribution >= 0.6 is 11.8 Å². The lowest BCUT2D eigenvalue weighted by Crippen LogP contribution is -2.37. The number of thioether (sulfide) groups is 1. The first kappa shape index (κ1) is 12.0.